The molecule has 0 unspecified atom stereocenters. The van der Waals surface area contributed by atoms with Crippen molar-refractivity contribution in [3.63, 3.8) is 0 Å². The number of hydrogen-bond acceptors (Lipinski definition) is 4. The minimum absolute atomic E-state index is 0.257. The van der Waals surface area contributed by atoms with Gasteiger partial charge in [0.05, 0.1) is 17.3 Å². The van der Waals surface area contributed by atoms with Crippen molar-refractivity contribution >= 4 is 11.3 Å². The predicted molar refractivity (Wildman–Crippen MR) is 85.0 cm³/mol. The average molecular weight is 308 g/mol. The number of halogens is 1. The lowest BCUT2D eigenvalue weighted by atomic mass is 10.1. The van der Waals surface area contributed by atoms with E-state index in [0.717, 1.165) is 9.88 Å². The van der Waals surface area contributed by atoms with Crippen LogP contribution in [0.5, 0.6) is 0 Å². The first-order valence-corrected chi connectivity index (χ1v) is 7.79. The van der Waals surface area contributed by atoms with Gasteiger partial charge >= 0.3 is 0 Å². The van der Waals surface area contributed by atoms with Crippen LogP contribution in [0.4, 0.5) is 4.39 Å². The van der Waals surface area contributed by atoms with Crippen molar-refractivity contribution in [1.29, 1.82) is 0 Å². The third-order valence-corrected chi connectivity index (χ3v) is 4.59. The van der Waals surface area contributed by atoms with E-state index in [1.807, 2.05) is 26.8 Å². The summed E-state index contributed by atoms with van der Waals surface area (Å²) in [5, 5.41) is 13.6. The Hall–Kier alpha value is -1.30. The van der Waals surface area contributed by atoms with Crippen LogP contribution in [0, 0.1) is 12.7 Å². The average Bonchev–Trinajstić information content (AvgIpc) is 2.80. The zero-order valence-electron chi connectivity index (χ0n) is 12.8. The highest BCUT2D eigenvalue weighted by Gasteiger charge is 2.26. The van der Waals surface area contributed by atoms with Crippen molar-refractivity contribution < 1.29 is 9.50 Å². The molecular formula is C16H21FN2OS. The highest BCUT2D eigenvalue weighted by atomic mass is 32.1. The van der Waals surface area contributed by atoms with Crippen LogP contribution in [0.25, 0.3) is 11.3 Å². The summed E-state index contributed by atoms with van der Waals surface area (Å²) in [4.78, 5) is 5.61. The van der Waals surface area contributed by atoms with E-state index in [1.54, 1.807) is 30.4 Å². The second-order valence-corrected chi connectivity index (χ2v) is 6.96. The summed E-state index contributed by atoms with van der Waals surface area (Å²) < 4.78 is 13.9. The first-order valence-electron chi connectivity index (χ1n) is 6.97. The summed E-state index contributed by atoms with van der Waals surface area (Å²) in [6.45, 7) is 8.20. The summed E-state index contributed by atoms with van der Waals surface area (Å²) in [6.07, 6.45) is -0.420. The standard InChI is InChI=1S/C16H21FN2OS/c1-10(20)9-18-16(3,4)15-19-14(11(2)21-15)12-7-5-6-8-13(12)17/h5-8,10,18,20H,9H2,1-4H3/t10-/m0/s1. The Morgan fingerprint density at radius 2 is 2.05 bits per heavy atom. The van der Waals surface area contributed by atoms with Crippen molar-refractivity contribution in [3.8, 4) is 11.3 Å². The molecule has 0 aliphatic rings. The molecule has 0 saturated heterocycles. The van der Waals surface area contributed by atoms with Gasteiger partial charge in [-0.3, -0.25) is 0 Å². The van der Waals surface area contributed by atoms with Gasteiger partial charge in [-0.05, 0) is 39.8 Å². The Labute approximate surface area is 128 Å². The monoisotopic (exact) mass is 308 g/mol. The van der Waals surface area contributed by atoms with Crippen molar-refractivity contribution in [1.82, 2.24) is 10.3 Å². The molecule has 1 aromatic heterocycles. The first-order chi connectivity index (χ1) is 9.81. The van der Waals surface area contributed by atoms with Crippen LogP contribution in [0.1, 0.15) is 30.7 Å². The minimum atomic E-state index is -0.420. The van der Waals surface area contributed by atoms with E-state index in [1.165, 1.54) is 6.07 Å². The van der Waals surface area contributed by atoms with Gasteiger partial charge in [-0.15, -0.1) is 11.3 Å². The maximum Gasteiger partial charge on any atom is 0.132 e. The number of nitrogens with one attached hydrogen (secondary N) is 1. The lowest BCUT2D eigenvalue weighted by molar-refractivity contribution is 0.176. The van der Waals surface area contributed by atoms with E-state index in [2.05, 4.69) is 10.3 Å². The molecule has 0 saturated carbocycles. The predicted octanol–water partition coefficient (Wildman–Crippen LogP) is 3.46. The lowest BCUT2D eigenvalue weighted by Gasteiger charge is -2.24. The second-order valence-electron chi connectivity index (χ2n) is 5.76. The minimum Gasteiger partial charge on any atom is -0.392 e. The fourth-order valence-corrected chi connectivity index (χ4v) is 3.05. The number of thiazole rings is 1. The Kier molecular flexibility index (Phi) is 4.76. The Bertz CT molecular complexity index is 622. The Morgan fingerprint density at radius 3 is 2.67 bits per heavy atom. The smallest absolute Gasteiger partial charge is 0.132 e. The number of benzene rings is 1. The van der Waals surface area contributed by atoms with E-state index in [9.17, 15) is 9.50 Å². The number of nitrogens with zero attached hydrogens (tertiary/aromatic N) is 1. The zero-order valence-corrected chi connectivity index (χ0v) is 13.6. The summed E-state index contributed by atoms with van der Waals surface area (Å²) in [5.74, 6) is -0.257. The molecule has 1 atom stereocenters. The molecule has 0 spiro atoms. The molecule has 0 fully saturated rings. The van der Waals surface area contributed by atoms with E-state index in [0.29, 0.717) is 17.8 Å². The molecular weight excluding hydrogens is 287 g/mol. The lowest BCUT2D eigenvalue weighted by Crippen LogP contribution is -2.40. The molecule has 3 nitrogen and oxygen atoms in total. The van der Waals surface area contributed by atoms with Crippen molar-refractivity contribution in [3.05, 3.63) is 40.0 Å². The number of aliphatic hydroxyl groups excluding tert-OH is 1. The third-order valence-electron chi connectivity index (χ3n) is 3.30. The molecule has 2 rings (SSSR count). The molecule has 21 heavy (non-hydrogen) atoms. The largest absolute Gasteiger partial charge is 0.392 e. The molecule has 5 heteroatoms. The van der Waals surface area contributed by atoms with Crippen LogP contribution in [0.2, 0.25) is 0 Å². The van der Waals surface area contributed by atoms with E-state index >= 15 is 0 Å². The van der Waals surface area contributed by atoms with Gasteiger partial charge in [0.1, 0.15) is 10.8 Å². The molecule has 114 valence electrons. The summed E-state index contributed by atoms with van der Waals surface area (Å²) in [5.41, 5.74) is 0.861. The highest BCUT2D eigenvalue weighted by Crippen LogP contribution is 2.33. The maximum atomic E-state index is 13.9. The molecule has 1 aromatic carbocycles. The molecule has 2 N–H and O–H groups in total. The van der Waals surface area contributed by atoms with Crippen LogP contribution >= 0.6 is 11.3 Å². The number of aryl methyl sites for hydroxylation is 1. The quantitative estimate of drug-likeness (QED) is 0.889. The topological polar surface area (TPSA) is 45.1 Å². The normalized spacial score (nSPS) is 13.4. The van der Waals surface area contributed by atoms with Gasteiger partial charge in [0.15, 0.2) is 0 Å². The van der Waals surface area contributed by atoms with Crippen molar-refractivity contribution in [2.45, 2.75) is 39.3 Å². The van der Waals surface area contributed by atoms with Crippen LogP contribution in [0.3, 0.4) is 0 Å². The van der Waals surface area contributed by atoms with Gasteiger partial charge in [-0.2, -0.15) is 0 Å². The van der Waals surface area contributed by atoms with E-state index in [-0.39, 0.29) is 11.4 Å². The summed E-state index contributed by atoms with van der Waals surface area (Å²) in [6, 6.07) is 6.69. The van der Waals surface area contributed by atoms with Crippen LogP contribution in [-0.4, -0.2) is 22.7 Å². The molecule has 0 amide bonds. The van der Waals surface area contributed by atoms with Gasteiger partial charge in [-0.1, -0.05) is 12.1 Å². The maximum absolute atomic E-state index is 13.9. The van der Waals surface area contributed by atoms with E-state index in [4.69, 9.17) is 0 Å². The fourth-order valence-electron chi connectivity index (χ4n) is 2.05. The van der Waals surface area contributed by atoms with Gasteiger partial charge in [0, 0.05) is 17.0 Å². The van der Waals surface area contributed by atoms with Crippen LogP contribution in [0.15, 0.2) is 24.3 Å². The molecule has 0 bridgehead atoms. The SMILES string of the molecule is Cc1sc(C(C)(C)NC[C@H](C)O)nc1-c1ccccc1F. The van der Waals surface area contributed by atoms with Crippen molar-refractivity contribution in [2.75, 3.05) is 6.54 Å². The molecule has 0 aliphatic heterocycles. The Balaban J connectivity index is 2.33. The number of hydrogen-bond donors (Lipinski definition) is 2. The Morgan fingerprint density at radius 1 is 1.38 bits per heavy atom. The molecule has 0 aliphatic carbocycles. The van der Waals surface area contributed by atoms with Gasteiger partial charge in [0.25, 0.3) is 0 Å². The van der Waals surface area contributed by atoms with E-state index < -0.39 is 6.10 Å². The third kappa shape index (κ3) is 3.67. The highest BCUT2D eigenvalue weighted by molar-refractivity contribution is 7.12. The summed E-state index contributed by atoms with van der Waals surface area (Å²) >= 11 is 1.55. The van der Waals surface area contributed by atoms with Gasteiger partial charge in [-0.25, -0.2) is 9.37 Å². The molecule has 1 heterocycles. The summed E-state index contributed by atoms with van der Waals surface area (Å²) in [7, 11) is 0. The van der Waals surface area contributed by atoms with Crippen LogP contribution < -0.4 is 5.32 Å². The number of aromatic nitrogens is 1. The molecule has 2 aromatic rings. The van der Waals surface area contributed by atoms with Gasteiger partial charge < -0.3 is 10.4 Å². The zero-order chi connectivity index (χ0) is 15.6. The second kappa shape index (κ2) is 6.22. The van der Waals surface area contributed by atoms with Gasteiger partial charge in [0.2, 0.25) is 0 Å². The van der Waals surface area contributed by atoms with Crippen LogP contribution in [-0.2, 0) is 5.54 Å². The van der Waals surface area contributed by atoms with Crippen molar-refractivity contribution in [2.24, 2.45) is 0 Å². The fraction of sp³-hybridized carbons (Fsp3) is 0.438. The number of rotatable bonds is 5. The number of aliphatic hydroxyl groups is 1. The molecule has 0 radical (unpaired) electrons. The first kappa shape index (κ1) is 16.1.